The highest BCUT2D eigenvalue weighted by Gasteiger charge is 2.35. The molecule has 0 saturated heterocycles. The van der Waals surface area contributed by atoms with Crippen LogP contribution in [0.5, 0.6) is 0 Å². The zero-order valence-corrected chi connectivity index (χ0v) is 16.4. The highest BCUT2D eigenvalue weighted by Crippen LogP contribution is 2.37. The average Bonchev–Trinajstić information content (AvgIpc) is 2.49. The summed E-state index contributed by atoms with van der Waals surface area (Å²) in [5, 5.41) is 0. The van der Waals surface area contributed by atoms with E-state index in [0.717, 1.165) is 18.6 Å². The second kappa shape index (κ2) is 8.92. The van der Waals surface area contributed by atoms with Crippen LogP contribution < -0.4 is 4.90 Å². The number of anilines is 1. The Morgan fingerprint density at radius 1 is 1.37 bits per heavy atom. The SMILES string of the molecule is CCC1CCc2cc(C(F)(F)F)ccc2N1C(=O)OC(C)C.CS(=O)(=O)O. The average molecular weight is 411 g/mol. The summed E-state index contributed by atoms with van der Waals surface area (Å²) >= 11 is 0. The van der Waals surface area contributed by atoms with E-state index in [1.54, 1.807) is 13.8 Å². The number of rotatable bonds is 2. The second-order valence-corrected chi connectivity index (χ2v) is 7.94. The number of amides is 1. The molecule has 27 heavy (non-hydrogen) atoms. The van der Waals surface area contributed by atoms with Crippen LogP contribution >= 0.6 is 0 Å². The topological polar surface area (TPSA) is 83.9 Å². The van der Waals surface area contributed by atoms with Gasteiger partial charge in [0.15, 0.2) is 0 Å². The largest absolute Gasteiger partial charge is 0.446 e. The summed E-state index contributed by atoms with van der Waals surface area (Å²) in [6.45, 7) is 5.45. The lowest BCUT2D eigenvalue weighted by Gasteiger charge is -2.36. The van der Waals surface area contributed by atoms with E-state index in [0.29, 0.717) is 30.3 Å². The fourth-order valence-electron chi connectivity index (χ4n) is 2.74. The summed E-state index contributed by atoms with van der Waals surface area (Å²) in [5.74, 6) is 0. The summed E-state index contributed by atoms with van der Waals surface area (Å²) in [7, 11) is -3.67. The molecule has 154 valence electrons. The summed E-state index contributed by atoms with van der Waals surface area (Å²) < 4.78 is 69.6. The van der Waals surface area contributed by atoms with Gasteiger partial charge in [-0.25, -0.2) is 4.79 Å². The summed E-state index contributed by atoms with van der Waals surface area (Å²) in [6, 6.07) is 3.49. The van der Waals surface area contributed by atoms with Crippen LogP contribution in [0.15, 0.2) is 18.2 Å². The Labute approximate surface area is 157 Å². The van der Waals surface area contributed by atoms with Crippen LogP contribution in [-0.2, 0) is 27.5 Å². The highest BCUT2D eigenvalue weighted by molar-refractivity contribution is 7.85. The van der Waals surface area contributed by atoms with Crippen molar-refractivity contribution >= 4 is 21.9 Å². The molecule has 1 amide bonds. The number of halogens is 3. The number of hydrogen-bond acceptors (Lipinski definition) is 4. The fraction of sp³-hybridized carbons (Fsp3) is 0.588. The third-order valence-corrected chi connectivity index (χ3v) is 3.78. The summed E-state index contributed by atoms with van der Waals surface area (Å²) in [5.41, 5.74) is 0.385. The number of fused-ring (bicyclic) bond motifs is 1. The minimum atomic E-state index is -4.38. The molecule has 0 aliphatic carbocycles. The van der Waals surface area contributed by atoms with Gasteiger partial charge in [-0.15, -0.1) is 0 Å². The van der Waals surface area contributed by atoms with Crippen LogP contribution in [0.3, 0.4) is 0 Å². The number of ether oxygens (including phenoxy) is 1. The van der Waals surface area contributed by atoms with Crippen LogP contribution in [0.2, 0.25) is 0 Å². The predicted octanol–water partition coefficient (Wildman–Crippen LogP) is 4.29. The van der Waals surface area contributed by atoms with Crippen molar-refractivity contribution in [1.29, 1.82) is 0 Å². The number of nitrogens with zero attached hydrogens (tertiary/aromatic N) is 1. The first kappa shape index (κ1) is 23.2. The van der Waals surface area contributed by atoms with Crippen molar-refractivity contribution < 1.29 is 35.7 Å². The maximum atomic E-state index is 12.8. The molecule has 1 unspecified atom stereocenters. The molecule has 1 aromatic rings. The van der Waals surface area contributed by atoms with Gasteiger partial charge in [0.25, 0.3) is 10.1 Å². The van der Waals surface area contributed by atoms with Gasteiger partial charge in [0.2, 0.25) is 0 Å². The van der Waals surface area contributed by atoms with E-state index in [-0.39, 0.29) is 12.1 Å². The molecule has 1 aromatic carbocycles. The monoisotopic (exact) mass is 411 g/mol. The molecule has 0 aromatic heterocycles. The van der Waals surface area contributed by atoms with Gasteiger partial charge >= 0.3 is 12.3 Å². The molecule has 6 nitrogen and oxygen atoms in total. The van der Waals surface area contributed by atoms with Crippen LogP contribution in [0.4, 0.5) is 23.7 Å². The summed E-state index contributed by atoms with van der Waals surface area (Å²) in [6.07, 6.45) is -2.53. The van der Waals surface area contributed by atoms with E-state index < -0.39 is 28.0 Å². The lowest BCUT2D eigenvalue weighted by atomic mass is 9.93. The third-order valence-electron chi connectivity index (χ3n) is 3.78. The first-order chi connectivity index (χ1) is 12.2. The molecule has 0 saturated carbocycles. The summed E-state index contributed by atoms with van der Waals surface area (Å²) in [4.78, 5) is 13.8. The van der Waals surface area contributed by atoms with Gasteiger partial charge in [-0.2, -0.15) is 21.6 Å². The van der Waals surface area contributed by atoms with Crippen LogP contribution in [0.25, 0.3) is 0 Å². The van der Waals surface area contributed by atoms with Gasteiger partial charge in [-0.3, -0.25) is 9.45 Å². The van der Waals surface area contributed by atoms with E-state index in [2.05, 4.69) is 0 Å². The van der Waals surface area contributed by atoms with Crippen molar-refractivity contribution in [2.24, 2.45) is 0 Å². The van der Waals surface area contributed by atoms with Gasteiger partial charge in [0, 0.05) is 6.04 Å². The normalized spacial score (nSPS) is 17.1. The van der Waals surface area contributed by atoms with Crippen LogP contribution in [-0.4, -0.2) is 37.5 Å². The number of carbonyl (C=O) groups is 1. The minimum absolute atomic E-state index is 0.0458. The molecule has 10 heteroatoms. The zero-order valence-electron chi connectivity index (χ0n) is 15.6. The maximum absolute atomic E-state index is 12.8. The highest BCUT2D eigenvalue weighted by atomic mass is 32.2. The lowest BCUT2D eigenvalue weighted by Crippen LogP contribution is -2.44. The molecule has 0 radical (unpaired) electrons. The molecule has 1 aliphatic rings. The predicted molar refractivity (Wildman–Crippen MR) is 95.4 cm³/mol. The van der Waals surface area contributed by atoms with Crippen LogP contribution in [0, 0.1) is 0 Å². The number of benzene rings is 1. The van der Waals surface area contributed by atoms with E-state index in [1.165, 1.54) is 11.0 Å². The quantitative estimate of drug-likeness (QED) is 0.734. The first-order valence-corrected chi connectivity index (χ1v) is 10.2. The van der Waals surface area contributed by atoms with E-state index >= 15 is 0 Å². The van der Waals surface area contributed by atoms with Gasteiger partial charge in [-0.1, -0.05) is 6.92 Å². The maximum Gasteiger partial charge on any atom is 0.416 e. The van der Waals surface area contributed by atoms with Crippen molar-refractivity contribution in [3.8, 4) is 0 Å². The van der Waals surface area contributed by atoms with E-state index in [1.807, 2.05) is 6.92 Å². The van der Waals surface area contributed by atoms with Gasteiger partial charge < -0.3 is 4.74 Å². The lowest BCUT2D eigenvalue weighted by molar-refractivity contribution is -0.137. The third kappa shape index (κ3) is 7.37. The second-order valence-electron chi connectivity index (χ2n) is 6.48. The fourth-order valence-corrected chi connectivity index (χ4v) is 2.74. The molecule has 0 spiro atoms. The van der Waals surface area contributed by atoms with Crippen molar-refractivity contribution in [3.05, 3.63) is 29.3 Å². The Kier molecular flexibility index (Phi) is 7.67. The Balaban J connectivity index is 0.000000646. The van der Waals surface area contributed by atoms with Gasteiger partial charge in [-0.05, 0) is 56.9 Å². The minimum Gasteiger partial charge on any atom is -0.446 e. The Bertz CT molecular complexity index is 754. The number of aryl methyl sites for hydroxylation is 1. The molecular formula is C17H24F3NO5S. The number of alkyl halides is 3. The molecule has 1 aliphatic heterocycles. The number of carbonyl (C=O) groups excluding carboxylic acids is 1. The molecule has 2 rings (SSSR count). The van der Waals surface area contributed by atoms with Crippen molar-refractivity contribution in [1.82, 2.24) is 0 Å². The zero-order chi connectivity index (χ0) is 21.0. The molecule has 1 N–H and O–H groups in total. The Morgan fingerprint density at radius 2 is 1.93 bits per heavy atom. The first-order valence-electron chi connectivity index (χ1n) is 8.36. The van der Waals surface area contributed by atoms with Crippen molar-refractivity contribution in [2.75, 3.05) is 11.2 Å². The Morgan fingerprint density at radius 3 is 2.37 bits per heavy atom. The van der Waals surface area contributed by atoms with Crippen molar-refractivity contribution in [2.45, 2.75) is 58.4 Å². The Hall–Kier alpha value is -1.81. The van der Waals surface area contributed by atoms with Gasteiger partial charge in [0.1, 0.15) is 0 Å². The molecule has 0 fully saturated rings. The van der Waals surface area contributed by atoms with E-state index in [4.69, 9.17) is 9.29 Å². The van der Waals surface area contributed by atoms with Crippen molar-refractivity contribution in [3.63, 3.8) is 0 Å². The van der Waals surface area contributed by atoms with Crippen LogP contribution in [0.1, 0.15) is 44.7 Å². The van der Waals surface area contributed by atoms with Gasteiger partial charge in [0.05, 0.1) is 23.6 Å². The molecule has 1 atom stereocenters. The molecule has 0 bridgehead atoms. The number of hydrogen-bond donors (Lipinski definition) is 1. The standard InChI is InChI=1S/C16H20F3NO2.CH4O3S/c1-4-13-7-5-11-9-12(16(17,18)19)6-8-14(11)20(13)15(21)22-10(2)3;1-5(2,3)4/h6,8-10,13H,4-5,7H2,1-3H3;1H3,(H,2,3,4). The van der Waals surface area contributed by atoms with E-state index in [9.17, 15) is 26.4 Å². The molecule has 1 heterocycles. The molecular weight excluding hydrogens is 387 g/mol. The smallest absolute Gasteiger partial charge is 0.416 e.